The molecule has 1 unspecified atom stereocenters. The highest BCUT2D eigenvalue weighted by molar-refractivity contribution is 7.92. The first-order valence-electron chi connectivity index (χ1n) is 9.96. The van der Waals surface area contributed by atoms with Gasteiger partial charge in [0.15, 0.2) is 0 Å². The third-order valence-corrected chi connectivity index (χ3v) is 6.38. The Bertz CT molecular complexity index is 1190. The second-order valence-corrected chi connectivity index (χ2v) is 8.98. The summed E-state index contributed by atoms with van der Waals surface area (Å²) in [5.74, 6) is 1.00. The first-order valence-corrected chi connectivity index (χ1v) is 11.4. The Hall–Kier alpha value is -3.52. The van der Waals surface area contributed by atoms with Gasteiger partial charge in [0.05, 0.1) is 25.2 Å². The Morgan fingerprint density at radius 2 is 1.56 bits per heavy atom. The second kappa shape index (κ2) is 9.74. The molecular weight excluding hydrogens is 428 g/mol. The van der Waals surface area contributed by atoms with Crippen LogP contribution in [0.3, 0.4) is 0 Å². The van der Waals surface area contributed by atoms with E-state index in [4.69, 9.17) is 9.47 Å². The average Bonchev–Trinajstić information content (AvgIpc) is 2.79. The molecule has 3 aromatic carbocycles. The van der Waals surface area contributed by atoms with E-state index in [2.05, 4.69) is 10.0 Å². The monoisotopic (exact) mass is 454 g/mol. The van der Waals surface area contributed by atoms with Gasteiger partial charge in [-0.3, -0.25) is 9.52 Å². The van der Waals surface area contributed by atoms with Crippen molar-refractivity contribution in [3.8, 4) is 11.5 Å². The number of amides is 1. The Balaban J connectivity index is 1.71. The molecule has 3 rings (SSSR count). The van der Waals surface area contributed by atoms with Crippen LogP contribution in [0, 0.1) is 6.92 Å². The number of benzene rings is 3. The largest absolute Gasteiger partial charge is 0.497 e. The fourth-order valence-electron chi connectivity index (χ4n) is 3.16. The van der Waals surface area contributed by atoms with E-state index >= 15 is 0 Å². The molecule has 0 aliphatic rings. The molecule has 7 nitrogen and oxygen atoms in total. The fraction of sp³-hybridized carbons (Fsp3) is 0.208. The van der Waals surface area contributed by atoms with E-state index in [1.165, 1.54) is 0 Å². The maximum Gasteiger partial charge on any atom is 0.261 e. The summed E-state index contributed by atoms with van der Waals surface area (Å²) in [6, 6.07) is 17.9. The number of anilines is 1. The Morgan fingerprint density at radius 3 is 2.16 bits per heavy atom. The summed E-state index contributed by atoms with van der Waals surface area (Å²) in [7, 11) is -0.570. The average molecular weight is 455 g/mol. The van der Waals surface area contributed by atoms with Crippen molar-refractivity contribution in [3.63, 3.8) is 0 Å². The third kappa shape index (κ3) is 5.39. The zero-order valence-electron chi connectivity index (χ0n) is 18.4. The van der Waals surface area contributed by atoms with Gasteiger partial charge in [-0.1, -0.05) is 17.7 Å². The van der Waals surface area contributed by atoms with E-state index in [0.717, 1.165) is 11.1 Å². The van der Waals surface area contributed by atoms with E-state index < -0.39 is 10.0 Å². The number of carbonyl (C=O) groups is 1. The van der Waals surface area contributed by atoms with Crippen LogP contribution in [0.2, 0.25) is 0 Å². The van der Waals surface area contributed by atoms with Gasteiger partial charge >= 0.3 is 0 Å². The normalized spacial score (nSPS) is 12.0. The van der Waals surface area contributed by atoms with Crippen LogP contribution in [-0.4, -0.2) is 28.5 Å². The van der Waals surface area contributed by atoms with Gasteiger partial charge in [0.2, 0.25) is 0 Å². The predicted molar refractivity (Wildman–Crippen MR) is 124 cm³/mol. The molecule has 3 aromatic rings. The highest BCUT2D eigenvalue weighted by Gasteiger charge is 2.17. The van der Waals surface area contributed by atoms with Crippen LogP contribution >= 0.6 is 0 Å². The lowest BCUT2D eigenvalue weighted by Gasteiger charge is -2.18. The van der Waals surface area contributed by atoms with Gasteiger partial charge in [-0.05, 0) is 68.4 Å². The predicted octanol–water partition coefficient (Wildman–Crippen LogP) is 4.30. The van der Waals surface area contributed by atoms with Gasteiger partial charge in [-0.15, -0.1) is 0 Å². The molecule has 0 heterocycles. The quantitative estimate of drug-likeness (QED) is 0.529. The van der Waals surface area contributed by atoms with Gasteiger partial charge in [0, 0.05) is 16.8 Å². The SMILES string of the molecule is COc1ccc(OC)c(C(C)NC(=O)c2ccc(NS(=O)(=O)c3ccc(C)cc3)cc2)c1. The van der Waals surface area contributed by atoms with Crippen LogP contribution in [0.5, 0.6) is 11.5 Å². The minimum Gasteiger partial charge on any atom is -0.497 e. The second-order valence-electron chi connectivity index (χ2n) is 7.30. The van der Waals surface area contributed by atoms with Gasteiger partial charge in [-0.2, -0.15) is 0 Å². The summed E-state index contributed by atoms with van der Waals surface area (Å²) in [5, 5.41) is 2.92. The van der Waals surface area contributed by atoms with Crippen molar-refractivity contribution in [1.82, 2.24) is 5.32 Å². The number of carbonyl (C=O) groups excluding carboxylic acids is 1. The molecule has 0 aliphatic heterocycles. The molecule has 0 bridgehead atoms. The van der Waals surface area contributed by atoms with Crippen molar-refractivity contribution in [2.24, 2.45) is 0 Å². The van der Waals surface area contributed by atoms with Gasteiger partial charge < -0.3 is 14.8 Å². The first-order chi connectivity index (χ1) is 15.2. The van der Waals surface area contributed by atoms with Crippen LogP contribution in [0.15, 0.2) is 71.6 Å². The molecule has 0 aromatic heterocycles. The topological polar surface area (TPSA) is 93.7 Å². The summed E-state index contributed by atoms with van der Waals surface area (Å²) in [6.07, 6.45) is 0. The highest BCUT2D eigenvalue weighted by Crippen LogP contribution is 2.29. The third-order valence-electron chi connectivity index (χ3n) is 4.98. The molecule has 1 amide bonds. The van der Waals surface area contributed by atoms with Crippen LogP contribution < -0.4 is 19.5 Å². The molecule has 0 radical (unpaired) electrons. The summed E-state index contributed by atoms with van der Waals surface area (Å²) >= 11 is 0. The number of nitrogens with one attached hydrogen (secondary N) is 2. The molecule has 32 heavy (non-hydrogen) atoms. The molecular formula is C24H26N2O5S. The number of sulfonamides is 1. The van der Waals surface area contributed by atoms with Gasteiger partial charge in [-0.25, -0.2) is 8.42 Å². The fourth-order valence-corrected chi connectivity index (χ4v) is 4.22. The van der Waals surface area contributed by atoms with Crippen LogP contribution in [0.4, 0.5) is 5.69 Å². The lowest BCUT2D eigenvalue weighted by atomic mass is 10.1. The maximum absolute atomic E-state index is 12.7. The zero-order chi connectivity index (χ0) is 23.3. The molecule has 0 fully saturated rings. The zero-order valence-corrected chi connectivity index (χ0v) is 19.2. The molecule has 168 valence electrons. The van der Waals surface area contributed by atoms with E-state index in [9.17, 15) is 13.2 Å². The van der Waals surface area contributed by atoms with E-state index in [1.54, 1.807) is 74.9 Å². The van der Waals surface area contributed by atoms with E-state index in [0.29, 0.717) is 22.7 Å². The van der Waals surface area contributed by atoms with E-state index in [-0.39, 0.29) is 16.8 Å². The number of rotatable bonds is 8. The summed E-state index contributed by atoms with van der Waals surface area (Å²) < 4.78 is 38.2. The van der Waals surface area contributed by atoms with Crippen LogP contribution in [0.25, 0.3) is 0 Å². The Morgan fingerprint density at radius 1 is 0.906 bits per heavy atom. The molecule has 0 saturated carbocycles. The molecule has 8 heteroatoms. The maximum atomic E-state index is 12.7. The molecule has 0 saturated heterocycles. The standard InChI is InChI=1S/C24H26N2O5S/c1-16-5-12-21(13-6-16)32(28,29)26-19-9-7-18(8-10-19)24(27)25-17(2)22-15-20(30-3)11-14-23(22)31-4/h5-15,17,26H,1-4H3,(H,25,27). The molecule has 1 atom stereocenters. The van der Waals surface area contributed by atoms with Crippen LogP contribution in [0.1, 0.15) is 34.5 Å². The van der Waals surface area contributed by atoms with Gasteiger partial charge in [0.1, 0.15) is 11.5 Å². The van der Waals surface area contributed by atoms with Crippen LogP contribution in [-0.2, 0) is 10.0 Å². The number of hydrogen-bond donors (Lipinski definition) is 2. The number of aryl methyl sites for hydroxylation is 1. The van der Waals surface area contributed by atoms with Gasteiger partial charge in [0.25, 0.3) is 15.9 Å². The Labute approximate surface area is 188 Å². The summed E-state index contributed by atoms with van der Waals surface area (Å²) in [5.41, 5.74) is 2.52. The van der Waals surface area contributed by atoms with Crippen molar-refractivity contribution in [1.29, 1.82) is 0 Å². The summed E-state index contributed by atoms with van der Waals surface area (Å²) in [6.45, 7) is 3.73. The molecule has 2 N–H and O–H groups in total. The minimum absolute atomic E-state index is 0.172. The Kier molecular flexibility index (Phi) is 7.05. The van der Waals surface area contributed by atoms with Crippen molar-refractivity contribution < 1.29 is 22.7 Å². The first kappa shape index (κ1) is 23.1. The lowest BCUT2D eigenvalue weighted by molar-refractivity contribution is 0.0939. The molecule has 0 aliphatic carbocycles. The van der Waals surface area contributed by atoms with E-state index in [1.807, 2.05) is 19.9 Å². The smallest absolute Gasteiger partial charge is 0.261 e. The minimum atomic E-state index is -3.71. The number of hydrogen-bond acceptors (Lipinski definition) is 5. The summed E-state index contributed by atoms with van der Waals surface area (Å²) in [4.78, 5) is 12.9. The lowest BCUT2D eigenvalue weighted by Crippen LogP contribution is -2.27. The van der Waals surface area contributed by atoms with Crippen molar-refractivity contribution in [2.45, 2.75) is 24.8 Å². The van der Waals surface area contributed by atoms with Crippen molar-refractivity contribution in [2.75, 3.05) is 18.9 Å². The number of ether oxygens (including phenoxy) is 2. The number of methoxy groups -OCH3 is 2. The van der Waals surface area contributed by atoms with Crippen molar-refractivity contribution >= 4 is 21.6 Å². The highest BCUT2D eigenvalue weighted by atomic mass is 32.2. The molecule has 0 spiro atoms. The van der Waals surface area contributed by atoms with Crippen molar-refractivity contribution in [3.05, 3.63) is 83.4 Å².